The first-order chi connectivity index (χ1) is 14.6. The number of hydrogen-bond donors (Lipinski definition) is 1. The van der Waals surface area contributed by atoms with Gasteiger partial charge in [-0.05, 0) is 50.9 Å². The van der Waals surface area contributed by atoms with Gasteiger partial charge >= 0.3 is 0 Å². The molecule has 8 nitrogen and oxygen atoms in total. The van der Waals surface area contributed by atoms with E-state index in [4.69, 9.17) is 0 Å². The number of piperidine rings is 1. The van der Waals surface area contributed by atoms with E-state index in [9.17, 15) is 9.90 Å². The number of fused-ring (bicyclic) bond motifs is 1. The second-order valence-corrected chi connectivity index (χ2v) is 9.06. The standard InChI is InChI=1S/C22H30N6O2/c1-15-18(11-24-22(25-15)26-6-3-2-4-7-26)21(30)28-12-16-9-19(27-8-5-23-14-27)20(29)10-17(16)13-28/h5,8,11,14,16-17,19-20,29H,2-4,6-7,9-10,12-13H2,1H3/t16-,17+,19-,20-/m1/s1. The van der Waals surface area contributed by atoms with Crippen LogP contribution in [0.15, 0.2) is 24.9 Å². The minimum Gasteiger partial charge on any atom is -0.391 e. The average Bonchev–Trinajstić information content (AvgIpc) is 3.43. The molecular formula is C22H30N6O2. The van der Waals surface area contributed by atoms with Gasteiger partial charge in [0.1, 0.15) is 0 Å². The minimum absolute atomic E-state index is 0.0146. The van der Waals surface area contributed by atoms with Crippen LogP contribution in [0.1, 0.15) is 54.2 Å². The number of imidazole rings is 1. The van der Waals surface area contributed by atoms with Crippen LogP contribution >= 0.6 is 0 Å². The van der Waals surface area contributed by atoms with Crippen LogP contribution in [0.2, 0.25) is 0 Å². The van der Waals surface area contributed by atoms with Crippen LogP contribution in [0.5, 0.6) is 0 Å². The molecule has 4 atom stereocenters. The molecule has 5 rings (SSSR count). The Hall–Kier alpha value is -2.48. The van der Waals surface area contributed by atoms with Gasteiger partial charge in [-0.2, -0.15) is 0 Å². The smallest absolute Gasteiger partial charge is 0.257 e. The number of nitrogens with zero attached hydrogens (tertiary/aromatic N) is 6. The highest BCUT2D eigenvalue weighted by molar-refractivity contribution is 5.95. The van der Waals surface area contributed by atoms with E-state index >= 15 is 0 Å². The normalized spacial score (nSPS) is 29.1. The van der Waals surface area contributed by atoms with Crippen molar-refractivity contribution in [3.63, 3.8) is 0 Å². The van der Waals surface area contributed by atoms with Gasteiger partial charge < -0.3 is 19.5 Å². The van der Waals surface area contributed by atoms with Crippen LogP contribution in [-0.4, -0.2) is 67.7 Å². The number of aliphatic hydroxyl groups excluding tert-OH is 1. The number of likely N-dealkylation sites (tertiary alicyclic amines) is 1. The lowest BCUT2D eigenvalue weighted by Gasteiger charge is -2.35. The zero-order valence-corrected chi connectivity index (χ0v) is 17.5. The number of carbonyl (C=O) groups excluding carboxylic acids is 1. The lowest BCUT2D eigenvalue weighted by molar-refractivity contribution is 0.0357. The summed E-state index contributed by atoms with van der Waals surface area (Å²) < 4.78 is 2.00. The second kappa shape index (κ2) is 7.98. The third-order valence-electron chi connectivity index (χ3n) is 7.14. The molecule has 8 heteroatoms. The summed E-state index contributed by atoms with van der Waals surface area (Å²) in [7, 11) is 0. The number of amides is 1. The van der Waals surface area contributed by atoms with Crippen molar-refractivity contribution in [2.24, 2.45) is 11.8 Å². The fraction of sp³-hybridized carbons (Fsp3) is 0.636. The van der Waals surface area contributed by atoms with Crippen LogP contribution in [0.3, 0.4) is 0 Å². The highest BCUT2D eigenvalue weighted by Gasteiger charge is 2.43. The number of aromatic nitrogens is 4. The Bertz CT molecular complexity index is 895. The van der Waals surface area contributed by atoms with Crippen molar-refractivity contribution in [2.75, 3.05) is 31.1 Å². The maximum Gasteiger partial charge on any atom is 0.257 e. The first-order valence-electron chi connectivity index (χ1n) is 11.1. The molecule has 1 saturated carbocycles. The minimum atomic E-state index is -0.399. The van der Waals surface area contributed by atoms with E-state index < -0.39 is 6.10 Å². The molecule has 0 bridgehead atoms. The fourth-order valence-electron chi connectivity index (χ4n) is 5.44. The molecule has 3 fully saturated rings. The number of anilines is 1. The third kappa shape index (κ3) is 3.57. The van der Waals surface area contributed by atoms with E-state index in [0.717, 1.165) is 44.1 Å². The molecule has 1 N–H and O–H groups in total. The maximum atomic E-state index is 13.2. The van der Waals surface area contributed by atoms with Crippen molar-refractivity contribution < 1.29 is 9.90 Å². The molecule has 2 aromatic heterocycles. The first-order valence-corrected chi connectivity index (χ1v) is 11.1. The summed E-state index contributed by atoms with van der Waals surface area (Å²) in [5.41, 5.74) is 1.35. The Labute approximate surface area is 176 Å². The number of aliphatic hydroxyl groups is 1. The van der Waals surface area contributed by atoms with Gasteiger partial charge in [0.05, 0.1) is 29.7 Å². The molecule has 0 unspecified atom stereocenters. The monoisotopic (exact) mass is 410 g/mol. The zero-order valence-electron chi connectivity index (χ0n) is 17.5. The van der Waals surface area contributed by atoms with Crippen molar-refractivity contribution >= 4 is 11.9 Å². The SMILES string of the molecule is Cc1nc(N2CCCCC2)ncc1C(=O)N1C[C@H]2C[C@@H](n3ccnc3)[C@H](O)C[C@H]2C1. The van der Waals surface area contributed by atoms with E-state index in [1.807, 2.05) is 22.6 Å². The third-order valence-corrected chi connectivity index (χ3v) is 7.14. The van der Waals surface area contributed by atoms with Crippen LogP contribution in [0.4, 0.5) is 5.95 Å². The zero-order chi connectivity index (χ0) is 20.7. The van der Waals surface area contributed by atoms with Crippen LogP contribution in [0.25, 0.3) is 0 Å². The molecule has 2 aliphatic heterocycles. The van der Waals surface area contributed by atoms with Crippen LogP contribution in [-0.2, 0) is 0 Å². The summed E-state index contributed by atoms with van der Waals surface area (Å²) in [6.45, 7) is 5.31. The highest BCUT2D eigenvalue weighted by atomic mass is 16.3. The lowest BCUT2D eigenvalue weighted by Crippen LogP contribution is -2.35. The fourth-order valence-corrected chi connectivity index (χ4v) is 5.44. The number of hydrogen-bond acceptors (Lipinski definition) is 6. The number of carbonyl (C=O) groups is 1. The molecule has 0 spiro atoms. The van der Waals surface area contributed by atoms with Gasteiger partial charge in [-0.25, -0.2) is 15.0 Å². The maximum absolute atomic E-state index is 13.2. The molecule has 2 aromatic rings. The Kier molecular flexibility index (Phi) is 5.18. The van der Waals surface area contributed by atoms with Crippen molar-refractivity contribution in [1.29, 1.82) is 0 Å². The van der Waals surface area contributed by atoms with E-state index in [2.05, 4.69) is 19.9 Å². The average molecular weight is 411 g/mol. The number of aryl methyl sites for hydroxylation is 1. The summed E-state index contributed by atoms with van der Waals surface area (Å²) in [6.07, 6.45) is 11.9. The lowest BCUT2D eigenvalue weighted by atomic mass is 9.77. The predicted molar refractivity (Wildman–Crippen MR) is 112 cm³/mol. The molecule has 0 radical (unpaired) electrons. The van der Waals surface area contributed by atoms with E-state index in [1.54, 1.807) is 18.7 Å². The van der Waals surface area contributed by atoms with Crippen molar-refractivity contribution in [3.05, 3.63) is 36.2 Å². The molecule has 1 aliphatic carbocycles. The van der Waals surface area contributed by atoms with Gasteiger partial charge in [-0.3, -0.25) is 4.79 Å². The molecular weight excluding hydrogens is 380 g/mol. The first kappa shape index (κ1) is 19.5. The molecule has 30 heavy (non-hydrogen) atoms. The van der Waals surface area contributed by atoms with Gasteiger partial charge in [-0.15, -0.1) is 0 Å². The Balaban J connectivity index is 1.28. The Morgan fingerprint density at radius 2 is 1.90 bits per heavy atom. The second-order valence-electron chi connectivity index (χ2n) is 9.06. The van der Waals surface area contributed by atoms with Crippen molar-refractivity contribution in [2.45, 2.75) is 51.2 Å². The van der Waals surface area contributed by atoms with Gasteiger partial charge in [0.15, 0.2) is 0 Å². The van der Waals surface area contributed by atoms with Gasteiger partial charge in [-0.1, -0.05) is 0 Å². The molecule has 2 saturated heterocycles. The van der Waals surface area contributed by atoms with Gasteiger partial charge in [0, 0.05) is 44.8 Å². The van der Waals surface area contributed by atoms with Crippen LogP contribution < -0.4 is 4.90 Å². The van der Waals surface area contributed by atoms with Crippen LogP contribution in [0, 0.1) is 18.8 Å². The summed E-state index contributed by atoms with van der Waals surface area (Å²) in [5, 5.41) is 10.7. The van der Waals surface area contributed by atoms with Crippen molar-refractivity contribution in [1.82, 2.24) is 24.4 Å². The van der Waals surface area contributed by atoms with E-state index in [0.29, 0.717) is 23.9 Å². The topological polar surface area (TPSA) is 87.4 Å². The predicted octanol–water partition coefficient (Wildman–Crippen LogP) is 2.06. The Morgan fingerprint density at radius 1 is 1.13 bits per heavy atom. The summed E-state index contributed by atoms with van der Waals surface area (Å²) >= 11 is 0. The molecule has 3 aliphatic rings. The molecule has 160 valence electrons. The highest BCUT2D eigenvalue weighted by Crippen LogP contribution is 2.41. The summed E-state index contributed by atoms with van der Waals surface area (Å²) in [6, 6.07) is 0.0395. The molecule has 4 heterocycles. The summed E-state index contributed by atoms with van der Waals surface area (Å²) in [4.78, 5) is 30.7. The van der Waals surface area contributed by atoms with Gasteiger partial charge in [0.2, 0.25) is 5.95 Å². The quantitative estimate of drug-likeness (QED) is 0.833. The molecule has 0 aromatic carbocycles. The summed E-state index contributed by atoms with van der Waals surface area (Å²) in [5.74, 6) is 1.50. The Morgan fingerprint density at radius 3 is 2.60 bits per heavy atom. The van der Waals surface area contributed by atoms with Gasteiger partial charge in [0.25, 0.3) is 5.91 Å². The molecule has 1 amide bonds. The van der Waals surface area contributed by atoms with E-state index in [-0.39, 0.29) is 11.9 Å². The van der Waals surface area contributed by atoms with Crippen molar-refractivity contribution in [3.8, 4) is 0 Å². The number of rotatable bonds is 3. The van der Waals surface area contributed by atoms with E-state index in [1.165, 1.54) is 19.3 Å². The largest absolute Gasteiger partial charge is 0.391 e.